The summed E-state index contributed by atoms with van der Waals surface area (Å²) in [5.41, 5.74) is 3.55. The van der Waals surface area contributed by atoms with E-state index >= 15 is 0 Å². The van der Waals surface area contributed by atoms with Gasteiger partial charge in [-0.2, -0.15) is 43.9 Å². The maximum atomic E-state index is 12.7. The van der Waals surface area contributed by atoms with Crippen molar-refractivity contribution in [2.24, 2.45) is 5.73 Å². The number of hydrogen-bond acceptors (Lipinski definition) is 1. The van der Waals surface area contributed by atoms with E-state index in [2.05, 4.69) is 5.73 Å². The normalized spacial score (nSPS) is 17.3. The monoisotopic (exact) mass is 349 g/mol. The van der Waals surface area contributed by atoms with Crippen LogP contribution in [0, 0.1) is 0 Å². The molecule has 0 bridgehead atoms. The van der Waals surface area contributed by atoms with Gasteiger partial charge in [-0.3, -0.25) is 5.73 Å². The first-order valence-electron chi connectivity index (χ1n) is 4.46. The van der Waals surface area contributed by atoms with Crippen molar-refractivity contribution in [3.63, 3.8) is 0 Å². The summed E-state index contributed by atoms with van der Waals surface area (Å²) in [5.74, 6) is -36.7. The van der Waals surface area contributed by atoms with E-state index in [1.807, 2.05) is 0 Å². The molecule has 0 spiro atoms. The van der Waals surface area contributed by atoms with Crippen LogP contribution in [-0.4, -0.2) is 42.3 Å². The Morgan fingerprint density at radius 2 is 0.810 bits per heavy atom. The van der Waals surface area contributed by atoms with Gasteiger partial charge >= 0.3 is 36.0 Å². The number of alkyl halides is 13. The Labute approximate surface area is 106 Å². The highest BCUT2D eigenvalue weighted by Crippen LogP contribution is 2.58. The second kappa shape index (κ2) is 5.05. The molecule has 1 nitrogen and oxygen atoms in total. The van der Waals surface area contributed by atoms with Crippen molar-refractivity contribution >= 4 is 0 Å². The van der Waals surface area contributed by atoms with Crippen LogP contribution >= 0.6 is 0 Å². The topological polar surface area (TPSA) is 26.0 Å². The minimum atomic E-state index is -7.74. The first kappa shape index (κ1) is 20.1. The van der Waals surface area contributed by atoms with E-state index in [1.54, 1.807) is 0 Å². The molecule has 0 aromatic rings. The van der Waals surface area contributed by atoms with E-state index in [0.717, 1.165) is 0 Å². The molecule has 0 amide bonds. The summed E-state index contributed by atoms with van der Waals surface area (Å²) in [4.78, 5) is 0. The zero-order chi connectivity index (χ0) is 17.7. The molecule has 1 unspecified atom stereocenters. The van der Waals surface area contributed by atoms with Gasteiger partial charge < -0.3 is 0 Å². The largest absolute Gasteiger partial charge is 0.384 e. The van der Waals surface area contributed by atoms with Gasteiger partial charge in [-0.1, -0.05) is 0 Å². The van der Waals surface area contributed by atoms with E-state index in [4.69, 9.17) is 0 Å². The molecule has 0 aliphatic rings. The summed E-state index contributed by atoms with van der Waals surface area (Å²) in [6.07, 6.45) is -10.3. The van der Waals surface area contributed by atoms with Gasteiger partial charge in [-0.05, 0) is 0 Å². The van der Waals surface area contributed by atoms with Crippen LogP contribution in [0.15, 0.2) is 0 Å². The Bertz CT molecular complexity index is 339. The lowest BCUT2D eigenvalue weighted by Gasteiger charge is -2.39. The van der Waals surface area contributed by atoms with Crippen LogP contribution in [0.1, 0.15) is 0 Å². The van der Waals surface area contributed by atoms with Crippen LogP contribution in [-0.2, 0) is 0 Å². The third kappa shape index (κ3) is 2.50. The van der Waals surface area contributed by atoms with Gasteiger partial charge in [0.2, 0.25) is 6.30 Å². The molecule has 128 valence electrons. The standard InChI is InChI=1S/C7H4F13N/c8-1(9)3(11,12)5(15,16)7(19,20)6(17,18)4(13,14)2(10)21/h1-2H,21H2. The zero-order valence-electron chi connectivity index (χ0n) is 9.15. The number of halogens is 13. The van der Waals surface area contributed by atoms with Crippen LogP contribution in [0.4, 0.5) is 57.1 Å². The van der Waals surface area contributed by atoms with Crippen molar-refractivity contribution in [2.75, 3.05) is 0 Å². The van der Waals surface area contributed by atoms with Crippen LogP contribution in [0.25, 0.3) is 0 Å². The molecule has 0 rings (SSSR count). The molecule has 0 radical (unpaired) electrons. The lowest BCUT2D eigenvalue weighted by atomic mass is 9.94. The molecule has 0 saturated heterocycles. The summed E-state index contributed by atoms with van der Waals surface area (Å²) < 4.78 is 160. The Morgan fingerprint density at radius 3 is 1.05 bits per heavy atom. The van der Waals surface area contributed by atoms with Crippen LogP contribution in [0.5, 0.6) is 0 Å². The van der Waals surface area contributed by atoms with Crippen LogP contribution in [0.2, 0.25) is 0 Å². The molecule has 1 atom stereocenters. The van der Waals surface area contributed by atoms with Crippen LogP contribution in [0.3, 0.4) is 0 Å². The maximum Gasteiger partial charge on any atom is 0.384 e. The second-order valence-corrected chi connectivity index (χ2v) is 3.67. The summed E-state index contributed by atoms with van der Waals surface area (Å²) in [7, 11) is 0. The fourth-order valence-corrected chi connectivity index (χ4v) is 0.926. The van der Waals surface area contributed by atoms with E-state index in [1.165, 1.54) is 0 Å². The lowest BCUT2D eigenvalue weighted by Crippen LogP contribution is -2.70. The molecule has 0 fully saturated rings. The quantitative estimate of drug-likeness (QED) is 0.575. The second-order valence-electron chi connectivity index (χ2n) is 3.67. The van der Waals surface area contributed by atoms with Gasteiger partial charge in [0.15, 0.2) is 0 Å². The van der Waals surface area contributed by atoms with E-state index < -0.39 is 42.3 Å². The molecule has 0 heterocycles. The lowest BCUT2D eigenvalue weighted by molar-refractivity contribution is -0.417. The highest BCUT2D eigenvalue weighted by atomic mass is 19.4. The van der Waals surface area contributed by atoms with Gasteiger partial charge in [-0.25, -0.2) is 13.2 Å². The average molecular weight is 349 g/mol. The summed E-state index contributed by atoms with van der Waals surface area (Å²) in [6.45, 7) is 0. The van der Waals surface area contributed by atoms with Crippen molar-refractivity contribution in [3.8, 4) is 0 Å². The van der Waals surface area contributed by atoms with Gasteiger partial charge in [0, 0.05) is 0 Å². The molecule has 14 heteroatoms. The SMILES string of the molecule is NC(F)C(F)(F)C(F)(F)C(F)(F)C(F)(F)C(F)(F)C(F)F. The van der Waals surface area contributed by atoms with Crippen molar-refractivity contribution in [2.45, 2.75) is 42.3 Å². The minimum Gasteiger partial charge on any atom is -0.296 e. The molecule has 2 N–H and O–H groups in total. The molecule has 0 aliphatic heterocycles. The van der Waals surface area contributed by atoms with Gasteiger partial charge in [0.1, 0.15) is 0 Å². The molecule has 0 aromatic carbocycles. The fraction of sp³-hybridized carbons (Fsp3) is 1.00. The highest BCUT2D eigenvalue weighted by molar-refractivity contribution is 5.10. The highest BCUT2D eigenvalue weighted by Gasteiger charge is 2.88. The van der Waals surface area contributed by atoms with Gasteiger partial charge in [0.25, 0.3) is 0 Å². The van der Waals surface area contributed by atoms with E-state index in [9.17, 15) is 57.1 Å². The van der Waals surface area contributed by atoms with Gasteiger partial charge in [0.05, 0.1) is 0 Å². The van der Waals surface area contributed by atoms with E-state index in [-0.39, 0.29) is 0 Å². The summed E-state index contributed by atoms with van der Waals surface area (Å²) >= 11 is 0. The predicted molar refractivity (Wildman–Crippen MR) is 39.8 cm³/mol. The smallest absolute Gasteiger partial charge is 0.296 e. The van der Waals surface area contributed by atoms with Crippen LogP contribution < -0.4 is 5.73 Å². The van der Waals surface area contributed by atoms with Crippen molar-refractivity contribution in [1.82, 2.24) is 0 Å². The maximum absolute atomic E-state index is 12.7. The molecule has 21 heavy (non-hydrogen) atoms. The van der Waals surface area contributed by atoms with Crippen molar-refractivity contribution < 1.29 is 57.1 Å². The fourth-order valence-electron chi connectivity index (χ4n) is 0.926. The number of nitrogens with two attached hydrogens (primary N) is 1. The molecule has 0 aliphatic carbocycles. The van der Waals surface area contributed by atoms with Crippen molar-refractivity contribution in [3.05, 3.63) is 0 Å². The first-order valence-corrected chi connectivity index (χ1v) is 4.46. The minimum absolute atomic E-state index is 3.55. The number of rotatable bonds is 6. The molecule has 0 saturated carbocycles. The third-order valence-electron chi connectivity index (χ3n) is 2.25. The third-order valence-corrected chi connectivity index (χ3v) is 2.25. The Balaban J connectivity index is 6.09. The zero-order valence-corrected chi connectivity index (χ0v) is 9.15. The first-order chi connectivity index (χ1) is 8.89. The van der Waals surface area contributed by atoms with Gasteiger partial charge in [-0.15, -0.1) is 0 Å². The van der Waals surface area contributed by atoms with Crippen molar-refractivity contribution in [1.29, 1.82) is 0 Å². The average Bonchev–Trinajstić information content (AvgIpc) is 2.27. The molecular weight excluding hydrogens is 345 g/mol. The summed E-state index contributed by atoms with van der Waals surface area (Å²) in [6, 6.07) is 0. The Morgan fingerprint density at radius 1 is 0.524 bits per heavy atom. The summed E-state index contributed by atoms with van der Waals surface area (Å²) in [5, 5.41) is 0. The molecular formula is C7H4F13N. The number of hydrogen-bond donors (Lipinski definition) is 1. The Hall–Kier alpha value is -0.950. The molecule has 0 aromatic heterocycles. The predicted octanol–water partition coefficient (Wildman–Crippen LogP) is 3.68. The Kier molecular flexibility index (Phi) is 4.82. The van der Waals surface area contributed by atoms with E-state index in [0.29, 0.717) is 0 Å².